The van der Waals surface area contributed by atoms with Crippen LogP contribution in [-0.4, -0.2) is 37.2 Å². The van der Waals surface area contributed by atoms with E-state index in [-0.39, 0.29) is 31.1 Å². The summed E-state index contributed by atoms with van der Waals surface area (Å²) in [5, 5.41) is 0. The number of esters is 3. The van der Waals surface area contributed by atoms with Gasteiger partial charge < -0.3 is 14.2 Å². The number of hydrogen-bond acceptors (Lipinski definition) is 6. The van der Waals surface area contributed by atoms with Gasteiger partial charge in [-0.05, 0) is 51.4 Å². The first kappa shape index (κ1) is 74.9. The molecule has 0 aliphatic heterocycles. The maximum Gasteiger partial charge on any atom is 0.306 e. The van der Waals surface area contributed by atoms with Gasteiger partial charge in [-0.3, -0.25) is 14.4 Å². The average molecular weight is 1080 g/mol. The predicted molar refractivity (Wildman–Crippen MR) is 335 cm³/mol. The topological polar surface area (TPSA) is 78.9 Å². The lowest BCUT2D eigenvalue weighted by atomic mass is 10.0. The third-order valence-electron chi connectivity index (χ3n) is 16.0. The van der Waals surface area contributed by atoms with Gasteiger partial charge in [-0.25, -0.2) is 0 Å². The van der Waals surface area contributed by atoms with Gasteiger partial charge in [-0.2, -0.15) is 0 Å². The Labute approximate surface area is 481 Å². The highest BCUT2D eigenvalue weighted by Gasteiger charge is 2.19. The van der Waals surface area contributed by atoms with Crippen LogP contribution in [0.5, 0.6) is 0 Å². The van der Waals surface area contributed by atoms with Crippen molar-refractivity contribution in [2.45, 2.75) is 399 Å². The zero-order valence-electron chi connectivity index (χ0n) is 52.3. The Morgan fingerprint density at radius 3 is 0.714 bits per heavy atom. The molecule has 0 aliphatic rings. The first-order valence-corrected chi connectivity index (χ1v) is 34.8. The van der Waals surface area contributed by atoms with E-state index in [4.69, 9.17) is 14.2 Å². The molecule has 6 heteroatoms. The van der Waals surface area contributed by atoms with Crippen molar-refractivity contribution in [1.82, 2.24) is 0 Å². The van der Waals surface area contributed by atoms with E-state index < -0.39 is 6.10 Å². The number of hydrogen-bond donors (Lipinski definition) is 0. The monoisotopic (exact) mass is 1080 g/mol. The molecule has 0 aromatic carbocycles. The van der Waals surface area contributed by atoms with E-state index in [0.717, 1.165) is 64.2 Å². The van der Waals surface area contributed by atoms with Crippen molar-refractivity contribution in [3.8, 4) is 0 Å². The molecule has 0 aromatic rings. The van der Waals surface area contributed by atoms with E-state index in [9.17, 15) is 14.4 Å². The summed E-state index contributed by atoms with van der Waals surface area (Å²) >= 11 is 0. The molecular weight excluding hydrogens is 949 g/mol. The van der Waals surface area contributed by atoms with Crippen molar-refractivity contribution in [2.75, 3.05) is 13.2 Å². The van der Waals surface area contributed by atoms with Crippen molar-refractivity contribution in [3.63, 3.8) is 0 Å². The van der Waals surface area contributed by atoms with Crippen molar-refractivity contribution in [2.24, 2.45) is 0 Å². The van der Waals surface area contributed by atoms with E-state index >= 15 is 0 Å². The van der Waals surface area contributed by atoms with Gasteiger partial charge in [0.1, 0.15) is 13.2 Å². The summed E-state index contributed by atoms with van der Waals surface area (Å²) in [5.74, 6) is -0.842. The molecule has 1 unspecified atom stereocenters. The molecular formula is C71H134O6. The fourth-order valence-corrected chi connectivity index (χ4v) is 10.7. The van der Waals surface area contributed by atoms with Crippen LogP contribution in [0.3, 0.4) is 0 Å². The zero-order chi connectivity index (χ0) is 55.7. The molecule has 77 heavy (non-hydrogen) atoms. The summed E-state index contributed by atoms with van der Waals surface area (Å²) in [5.41, 5.74) is 0. The van der Waals surface area contributed by atoms with Gasteiger partial charge in [-0.15, -0.1) is 0 Å². The van der Waals surface area contributed by atoms with Crippen molar-refractivity contribution >= 4 is 17.9 Å². The number of ether oxygens (including phenoxy) is 3. The van der Waals surface area contributed by atoms with Crippen molar-refractivity contribution < 1.29 is 28.6 Å². The average Bonchev–Trinajstić information content (AvgIpc) is 3.43. The van der Waals surface area contributed by atoms with Gasteiger partial charge in [-0.1, -0.05) is 347 Å². The van der Waals surface area contributed by atoms with Crippen LogP contribution < -0.4 is 0 Å². The maximum absolute atomic E-state index is 12.9. The van der Waals surface area contributed by atoms with Crippen LogP contribution in [0.15, 0.2) is 24.3 Å². The molecule has 454 valence electrons. The third-order valence-corrected chi connectivity index (χ3v) is 16.0. The van der Waals surface area contributed by atoms with Crippen LogP contribution in [0.25, 0.3) is 0 Å². The second-order valence-electron chi connectivity index (χ2n) is 23.8. The summed E-state index contributed by atoms with van der Waals surface area (Å²) in [6, 6.07) is 0. The molecule has 0 rings (SSSR count). The largest absolute Gasteiger partial charge is 0.462 e. The molecule has 0 heterocycles. The Morgan fingerprint density at radius 2 is 0.468 bits per heavy atom. The minimum absolute atomic E-state index is 0.0651. The summed E-state index contributed by atoms with van der Waals surface area (Å²) in [6.07, 6.45) is 80.9. The number of carbonyl (C=O) groups is 3. The summed E-state index contributed by atoms with van der Waals surface area (Å²) in [6.45, 7) is 6.68. The second-order valence-corrected chi connectivity index (χ2v) is 23.8. The Kier molecular flexibility index (Phi) is 64.6. The van der Waals surface area contributed by atoms with Gasteiger partial charge in [0.2, 0.25) is 0 Å². The van der Waals surface area contributed by atoms with Crippen LogP contribution in [0.1, 0.15) is 393 Å². The summed E-state index contributed by atoms with van der Waals surface area (Å²) < 4.78 is 16.9. The Balaban J connectivity index is 4.07. The first-order valence-electron chi connectivity index (χ1n) is 34.8. The second kappa shape index (κ2) is 66.4. The lowest BCUT2D eigenvalue weighted by Gasteiger charge is -2.18. The van der Waals surface area contributed by atoms with E-state index in [1.807, 2.05) is 0 Å². The van der Waals surface area contributed by atoms with Crippen LogP contribution in [0.4, 0.5) is 0 Å². The first-order chi connectivity index (χ1) is 38.0. The Hall–Kier alpha value is -2.11. The number of rotatable bonds is 65. The SMILES string of the molecule is CCCCCCC/C=C\C/C=C\CCCCCCCCCCCCCCCC(=O)OC(COC(=O)CCCCCCCCCC)COC(=O)CCCCCCCCCCCCCCCCCCCCCCCCCCCC. The maximum atomic E-state index is 12.9. The highest BCUT2D eigenvalue weighted by atomic mass is 16.6. The van der Waals surface area contributed by atoms with E-state index in [0.29, 0.717) is 19.3 Å². The normalized spacial score (nSPS) is 12.1. The molecule has 0 amide bonds. The highest BCUT2D eigenvalue weighted by molar-refractivity contribution is 5.71. The summed E-state index contributed by atoms with van der Waals surface area (Å²) in [7, 11) is 0. The zero-order valence-corrected chi connectivity index (χ0v) is 52.3. The molecule has 1 atom stereocenters. The summed E-state index contributed by atoms with van der Waals surface area (Å²) in [4.78, 5) is 38.2. The van der Waals surface area contributed by atoms with E-state index in [1.54, 1.807) is 0 Å². The quantitative estimate of drug-likeness (QED) is 0.0261. The molecule has 0 bridgehead atoms. The Bertz CT molecular complexity index is 1240. The van der Waals surface area contributed by atoms with E-state index in [1.165, 1.54) is 289 Å². The molecule has 0 spiro atoms. The standard InChI is InChI=1S/C71H134O6/c1-4-7-10-13-16-19-21-23-25-27-29-31-33-35-37-38-40-42-44-46-48-50-52-55-58-61-64-70(73)76-67-68(66-75-69(72)63-60-57-54-18-15-12-9-6-3)77-71(74)65-62-59-56-53-51-49-47-45-43-41-39-36-34-32-30-28-26-24-22-20-17-14-11-8-5-2/h22,24,28,30,68H,4-21,23,25-27,29,31-67H2,1-3H3/b24-22-,30-28-. The smallest absolute Gasteiger partial charge is 0.306 e. The number of allylic oxidation sites excluding steroid dienone is 4. The molecule has 0 saturated carbocycles. The van der Waals surface area contributed by atoms with Gasteiger partial charge in [0, 0.05) is 19.3 Å². The lowest BCUT2D eigenvalue weighted by Crippen LogP contribution is -2.30. The minimum Gasteiger partial charge on any atom is -0.462 e. The third kappa shape index (κ3) is 64.6. The van der Waals surface area contributed by atoms with Gasteiger partial charge in [0.25, 0.3) is 0 Å². The number of carbonyl (C=O) groups excluding carboxylic acids is 3. The van der Waals surface area contributed by atoms with Gasteiger partial charge >= 0.3 is 17.9 Å². The van der Waals surface area contributed by atoms with Crippen LogP contribution in [0.2, 0.25) is 0 Å². The molecule has 0 N–H and O–H groups in total. The van der Waals surface area contributed by atoms with Crippen LogP contribution in [-0.2, 0) is 28.6 Å². The fraction of sp³-hybridized carbons (Fsp3) is 0.901. The Morgan fingerprint density at radius 1 is 0.260 bits per heavy atom. The van der Waals surface area contributed by atoms with Crippen LogP contribution in [0, 0.1) is 0 Å². The molecule has 0 aliphatic carbocycles. The van der Waals surface area contributed by atoms with Gasteiger partial charge in [0.15, 0.2) is 6.10 Å². The lowest BCUT2D eigenvalue weighted by molar-refractivity contribution is -0.167. The molecule has 6 nitrogen and oxygen atoms in total. The van der Waals surface area contributed by atoms with E-state index in [2.05, 4.69) is 45.1 Å². The predicted octanol–water partition coefficient (Wildman–Crippen LogP) is 23.8. The molecule has 0 saturated heterocycles. The van der Waals surface area contributed by atoms with Gasteiger partial charge in [0.05, 0.1) is 0 Å². The van der Waals surface area contributed by atoms with Crippen molar-refractivity contribution in [3.05, 3.63) is 24.3 Å². The minimum atomic E-state index is -0.767. The molecule has 0 fully saturated rings. The molecule has 0 aromatic heterocycles. The van der Waals surface area contributed by atoms with Crippen LogP contribution >= 0.6 is 0 Å². The molecule has 0 radical (unpaired) electrons. The highest BCUT2D eigenvalue weighted by Crippen LogP contribution is 2.19. The fourth-order valence-electron chi connectivity index (χ4n) is 10.7. The number of unbranched alkanes of at least 4 members (excludes halogenated alkanes) is 50. The van der Waals surface area contributed by atoms with Crippen molar-refractivity contribution in [1.29, 1.82) is 0 Å².